The number of fused-ring (bicyclic) bond motifs is 1. The highest BCUT2D eigenvalue weighted by molar-refractivity contribution is 7.89. The Morgan fingerprint density at radius 3 is 2.46 bits per heavy atom. The number of hydrogen-bond donors (Lipinski definition) is 0. The summed E-state index contributed by atoms with van der Waals surface area (Å²) in [7, 11) is -3.47. The Balaban J connectivity index is 1.32. The lowest BCUT2D eigenvalue weighted by atomic mass is 10.1. The molecular formula is C20H25N3O3S2. The van der Waals surface area contributed by atoms with Crippen LogP contribution in [-0.2, 0) is 27.8 Å². The van der Waals surface area contributed by atoms with Crippen LogP contribution >= 0.6 is 11.3 Å². The molecule has 3 heterocycles. The van der Waals surface area contributed by atoms with Crippen LogP contribution in [0.2, 0.25) is 0 Å². The Bertz CT molecular complexity index is 945. The Hall–Kier alpha value is -1.74. The van der Waals surface area contributed by atoms with Crippen molar-refractivity contribution in [1.29, 1.82) is 0 Å². The van der Waals surface area contributed by atoms with Gasteiger partial charge in [-0.3, -0.25) is 9.69 Å². The van der Waals surface area contributed by atoms with E-state index in [2.05, 4.69) is 16.3 Å². The molecule has 2 aliphatic heterocycles. The first-order valence-electron chi connectivity index (χ1n) is 9.56. The monoisotopic (exact) mass is 419 g/mol. The van der Waals surface area contributed by atoms with Gasteiger partial charge in [-0.1, -0.05) is 17.7 Å². The second kappa shape index (κ2) is 7.94. The molecule has 4 rings (SSSR count). The summed E-state index contributed by atoms with van der Waals surface area (Å²) in [6, 6.07) is 9.07. The normalized spacial score (nSPS) is 18.8. The van der Waals surface area contributed by atoms with Crippen molar-refractivity contribution < 1.29 is 13.2 Å². The molecule has 2 aliphatic rings. The van der Waals surface area contributed by atoms with Gasteiger partial charge in [0.15, 0.2) is 0 Å². The number of thiophene rings is 1. The van der Waals surface area contributed by atoms with Crippen LogP contribution in [0.5, 0.6) is 0 Å². The van der Waals surface area contributed by atoms with Gasteiger partial charge in [-0.25, -0.2) is 8.42 Å². The van der Waals surface area contributed by atoms with Crippen molar-refractivity contribution in [3.05, 3.63) is 51.7 Å². The summed E-state index contributed by atoms with van der Waals surface area (Å²) in [5.41, 5.74) is 2.30. The van der Waals surface area contributed by atoms with E-state index in [4.69, 9.17) is 0 Å². The summed E-state index contributed by atoms with van der Waals surface area (Å²) in [4.78, 5) is 18.4. The number of nitrogens with zero attached hydrogens (tertiary/aromatic N) is 3. The number of carbonyl (C=O) groups excluding carboxylic acids is 1. The van der Waals surface area contributed by atoms with E-state index >= 15 is 0 Å². The van der Waals surface area contributed by atoms with Crippen molar-refractivity contribution in [2.45, 2.75) is 24.8 Å². The van der Waals surface area contributed by atoms with Gasteiger partial charge in [0.2, 0.25) is 15.9 Å². The molecular weight excluding hydrogens is 394 g/mol. The molecule has 0 atom stereocenters. The smallest absolute Gasteiger partial charge is 0.243 e. The summed E-state index contributed by atoms with van der Waals surface area (Å²) >= 11 is 1.77. The molecule has 0 unspecified atom stereocenters. The van der Waals surface area contributed by atoms with Crippen LogP contribution in [0.1, 0.15) is 16.0 Å². The van der Waals surface area contributed by atoms with Crippen molar-refractivity contribution in [2.75, 3.05) is 39.3 Å². The first-order valence-corrected chi connectivity index (χ1v) is 11.9. The minimum atomic E-state index is -3.47. The minimum Gasteiger partial charge on any atom is -0.337 e. The van der Waals surface area contributed by atoms with Crippen molar-refractivity contribution in [1.82, 2.24) is 14.1 Å². The average molecular weight is 420 g/mol. The second-order valence-electron chi connectivity index (χ2n) is 7.43. The number of amides is 1. The van der Waals surface area contributed by atoms with Crippen LogP contribution in [0.4, 0.5) is 0 Å². The van der Waals surface area contributed by atoms with Gasteiger partial charge in [0.1, 0.15) is 0 Å². The minimum absolute atomic E-state index is 0.131. The molecule has 0 spiro atoms. The molecule has 2 aromatic rings. The molecule has 6 nitrogen and oxygen atoms in total. The zero-order valence-corrected chi connectivity index (χ0v) is 17.6. The second-order valence-corrected chi connectivity index (χ2v) is 10.4. The quantitative estimate of drug-likeness (QED) is 0.760. The zero-order valence-electron chi connectivity index (χ0n) is 16.0. The topological polar surface area (TPSA) is 60.9 Å². The van der Waals surface area contributed by atoms with Crippen molar-refractivity contribution in [3.63, 3.8) is 0 Å². The Kier molecular flexibility index (Phi) is 5.55. The number of hydrogen-bond acceptors (Lipinski definition) is 5. The molecule has 0 bridgehead atoms. The molecule has 1 aromatic heterocycles. The van der Waals surface area contributed by atoms with E-state index in [1.54, 1.807) is 23.5 Å². The van der Waals surface area contributed by atoms with E-state index in [0.717, 1.165) is 18.5 Å². The Morgan fingerprint density at radius 2 is 1.75 bits per heavy atom. The van der Waals surface area contributed by atoms with Gasteiger partial charge in [0, 0.05) is 44.1 Å². The first kappa shape index (κ1) is 19.6. The fraction of sp³-hybridized carbons (Fsp3) is 0.450. The fourth-order valence-corrected chi connectivity index (χ4v) is 6.05. The molecule has 0 radical (unpaired) electrons. The van der Waals surface area contributed by atoms with Crippen molar-refractivity contribution in [2.24, 2.45) is 0 Å². The predicted octanol–water partition coefficient (Wildman–Crippen LogP) is 1.95. The van der Waals surface area contributed by atoms with Crippen molar-refractivity contribution >= 4 is 27.3 Å². The van der Waals surface area contributed by atoms with Gasteiger partial charge < -0.3 is 4.90 Å². The van der Waals surface area contributed by atoms with Crippen LogP contribution in [0.3, 0.4) is 0 Å². The summed E-state index contributed by atoms with van der Waals surface area (Å²) in [5, 5.41) is 2.09. The molecule has 150 valence electrons. The number of rotatable bonds is 4. The molecule has 28 heavy (non-hydrogen) atoms. The standard InChI is InChI=1S/C20H25N3O3S2/c1-16-2-4-18(5-3-16)28(25,26)23-11-9-21(10-12-23)15-20(24)22-8-6-19-17(14-22)7-13-27-19/h2-5,7,13H,6,8-12,14-15H2,1H3. The molecule has 1 saturated heterocycles. The SMILES string of the molecule is Cc1ccc(S(=O)(=O)N2CCN(CC(=O)N3CCc4sccc4C3)CC2)cc1. The molecule has 0 saturated carbocycles. The van der Waals surface area contributed by atoms with Gasteiger partial charge in [-0.2, -0.15) is 4.31 Å². The number of piperazine rings is 1. The predicted molar refractivity (Wildman–Crippen MR) is 110 cm³/mol. The van der Waals surface area contributed by atoms with Gasteiger partial charge >= 0.3 is 0 Å². The highest BCUT2D eigenvalue weighted by Gasteiger charge is 2.30. The van der Waals surface area contributed by atoms with Crippen LogP contribution in [-0.4, -0.2) is 67.7 Å². The summed E-state index contributed by atoms with van der Waals surface area (Å²) in [6.45, 7) is 5.75. The molecule has 1 amide bonds. The van der Waals surface area contributed by atoms with E-state index in [9.17, 15) is 13.2 Å². The van der Waals surface area contributed by atoms with E-state index in [0.29, 0.717) is 44.2 Å². The lowest BCUT2D eigenvalue weighted by Crippen LogP contribution is -2.51. The van der Waals surface area contributed by atoms with Gasteiger partial charge in [0.25, 0.3) is 0 Å². The van der Waals surface area contributed by atoms with Gasteiger partial charge in [-0.15, -0.1) is 11.3 Å². The zero-order chi connectivity index (χ0) is 19.7. The first-order chi connectivity index (χ1) is 13.4. The third-order valence-corrected chi connectivity index (χ3v) is 8.45. The van der Waals surface area contributed by atoms with E-state index in [-0.39, 0.29) is 5.91 Å². The maximum Gasteiger partial charge on any atom is 0.243 e. The lowest BCUT2D eigenvalue weighted by Gasteiger charge is -2.35. The summed E-state index contributed by atoms with van der Waals surface area (Å²) in [6.07, 6.45) is 0.932. The fourth-order valence-electron chi connectivity index (χ4n) is 3.74. The highest BCUT2D eigenvalue weighted by atomic mass is 32.2. The molecule has 0 aliphatic carbocycles. The third-order valence-electron chi connectivity index (χ3n) is 5.51. The van der Waals surface area contributed by atoms with Gasteiger partial charge in [0.05, 0.1) is 11.4 Å². The third kappa shape index (κ3) is 4.00. The van der Waals surface area contributed by atoms with Crippen LogP contribution in [0.25, 0.3) is 0 Å². The number of benzene rings is 1. The summed E-state index contributed by atoms with van der Waals surface area (Å²) in [5.74, 6) is 0.131. The molecule has 1 aromatic carbocycles. The van der Waals surface area contributed by atoms with Crippen LogP contribution in [0, 0.1) is 6.92 Å². The van der Waals surface area contributed by atoms with Gasteiger partial charge in [-0.05, 0) is 42.5 Å². The molecule has 8 heteroatoms. The highest BCUT2D eigenvalue weighted by Crippen LogP contribution is 2.24. The van der Waals surface area contributed by atoms with Crippen LogP contribution < -0.4 is 0 Å². The molecule has 1 fully saturated rings. The summed E-state index contributed by atoms with van der Waals surface area (Å²) < 4.78 is 27.1. The van der Waals surface area contributed by atoms with E-state index in [1.165, 1.54) is 14.7 Å². The van der Waals surface area contributed by atoms with Crippen molar-refractivity contribution in [3.8, 4) is 0 Å². The Labute approximate surface area is 170 Å². The maximum atomic E-state index is 12.8. The largest absolute Gasteiger partial charge is 0.337 e. The maximum absolute atomic E-state index is 12.8. The number of carbonyl (C=O) groups is 1. The van der Waals surface area contributed by atoms with E-state index in [1.807, 2.05) is 24.0 Å². The number of sulfonamides is 1. The Morgan fingerprint density at radius 1 is 1.04 bits per heavy atom. The average Bonchev–Trinajstić information content (AvgIpc) is 3.16. The lowest BCUT2D eigenvalue weighted by molar-refractivity contribution is -0.133. The number of aryl methyl sites for hydroxylation is 1. The van der Waals surface area contributed by atoms with Crippen LogP contribution in [0.15, 0.2) is 40.6 Å². The molecule has 0 N–H and O–H groups in total. The van der Waals surface area contributed by atoms with E-state index < -0.39 is 10.0 Å².